The monoisotopic (exact) mass is 485 g/mol. The Hall–Kier alpha value is -5.06. The number of urea groups is 1. The van der Waals surface area contributed by atoms with E-state index in [4.69, 9.17) is 13.9 Å². The number of rotatable bonds is 7. The Bertz CT molecular complexity index is 1400. The standard InChI is InChI=1S/C25H19N5O6/c1-15-29-30-21(34-15)16-5-7-18(8-6-16)35-19-9-11-20(12-10-19)36-25(14-17-4-2-3-13-26-17)22(31)27-24(33)28-23(25)32/h2-13H,14H2,1H3,(H2,27,28,31,32,33). The predicted octanol–water partition coefficient (Wildman–Crippen LogP) is 2.96. The second-order valence-electron chi connectivity index (χ2n) is 7.89. The van der Waals surface area contributed by atoms with E-state index >= 15 is 0 Å². The molecule has 0 saturated carbocycles. The van der Waals surface area contributed by atoms with Crippen molar-refractivity contribution < 1.29 is 28.3 Å². The van der Waals surface area contributed by atoms with Crippen molar-refractivity contribution in [3.05, 3.63) is 84.5 Å². The number of nitrogens with one attached hydrogen (secondary N) is 2. The minimum Gasteiger partial charge on any atom is -0.467 e. The summed E-state index contributed by atoms with van der Waals surface area (Å²) in [6.07, 6.45) is 1.36. The normalized spacial score (nSPS) is 14.6. The van der Waals surface area contributed by atoms with Crippen molar-refractivity contribution in [2.24, 2.45) is 0 Å². The van der Waals surface area contributed by atoms with E-state index in [9.17, 15) is 14.4 Å². The number of ether oxygens (including phenoxy) is 2. The Morgan fingerprint density at radius 3 is 2.06 bits per heavy atom. The second kappa shape index (κ2) is 9.29. The zero-order valence-electron chi connectivity index (χ0n) is 18.9. The number of benzene rings is 2. The van der Waals surface area contributed by atoms with Gasteiger partial charge in [-0.3, -0.25) is 25.2 Å². The Morgan fingerprint density at radius 2 is 1.47 bits per heavy atom. The van der Waals surface area contributed by atoms with E-state index < -0.39 is 23.4 Å². The van der Waals surface area contributed by atoms with E-state index in [-0.39, 0.29) is 12.2 Å². The lowest BCUT2D eigenvalue weighted by atomic mass is 9.93. The molecule has 180 valence electrons. The van der Waals surface area contributed by atoms with Crippen molar-refractivity contribution >= 4 is 17.8 Å². The molecule has 2 aromatic carbocycles. The molecular formula is C25H19N5O6. The fourth-order valence-electron chi connectivity index (χ4n) is 3.58. The van der Waals surface area contributed by atoms with Crippen LogP contribution in [0.5, 0.6) is 17.2 Å². The van der Waals surface area contributed by atoms with Gasteiger partial charge in [0.2, 0.25) is 11.8 Å². The number of barbiturate groups is 1. The van der Waals surface area contributed by atoms with Gasteiger partial charge < -0.3 is 13.9 Å². The maximum atomic E-state index is 12.8. The lowest BCUT2D eigenvalue weighted by molar-refractivity contribution is -0.151. The number of pyridine rings is 1. The van der Waals surface area contributed by atoms with E-state index in [1.54, 1.807) is 73.7 Å². The number of hydrogen-bond donors (Lipinski definition) is 2. The second-order valence-corrected chi connectivity index (χ2v) is 7.89. The molecule has 3 heterocycles. The molecule has 4 aromatic rings. The third-order valence-electron chi connectivity index (χ3n) is 5.32. The van der Waals surface area contributed by atoms with Crippen molar-refractivity contribution in [3.8, 4) is 28.7 Å². The van der Waals surface area contributed by atoms with E-state index in [1.807, 2.05) is 0 Å². The fraction of sp³-hybridized carbons (Fsp3) is 0.120. The summed E-state index contributed by atoms with van der Waals surface area (Å²) in [5, 5.41) is 12.0. The molecule has 36 heavy (non-hydrogen) atoms. The van der Waals surface area contributed by atoms with Crippen molar-refractivity contribution in [1.29, 1.82) is 0 Å². The number of carbonyl (C=O) groups is 3. The maximum absolute atomic E-state index is 12.8. The molecule has 2 N–H and O–H groups in total. The van der Waals surface area contributed by atoms with Gasteiger partial charge in [-0.05, 0) is 60.7 Å². The van der Waals surface area contributed by atoms with Crippen LogP contribution in [-0.4, -0.2) is 38.6 Å². The van der Waals surface area contributed by atoms with E-state index in [1.165, 1.54) is 6.20 Å². The number of imide groups is 2. The van der Waals surface area contributed by atoms with Gasteiger partial charge in [-0.25, -0.2) is 4.79 Å². The summed E-state index contributed by atoms with van der Waals surface area (Å²) in [7, 11) is 0. The summed E-state index contributed by atoms with van der Waals surface area (Å²) in [6, 6.07) is 17.7. The van der Waals surface area contributed by atoms with Gasteiger partial charge in [0.25, 0.3) is 17.4 Å². The van der Waals surface area contributed by atoms with Crippen LogP contribution in [0.25, 0.3) is 11.5 Å². The first-order valence-corrected chi connectivity index (χ1v) is 10.9. The summed E-state index contributed by atoms with van der Waals surface area (Å²) in [5.41, 5.74) is -0.822. The Kier molecular flexibility index (Phi) is 5.87. The SMILES string of the molecule is Cc1nnc(-c2ccc(Oc3ccc(OC4(Cc5ccccn5)C(=O)NC(=O)NC4=O)cc3)cc2)o1. The van der Waals surface area contributed by atoms with Crippen molar-refractivity contribution in [2.75, 3.05) is 0 Å². The van der Waals surface area contributed by atoms with Gasteiger partial charge in [0, 0.05) is 30.8 Å². The van der Waals surface area contributed by atoms with Gasteiger partial charge in [0.1, 0.15) is 17.2 Å². The van der Waals surface area contributed by atoms with Gasteiger partial charge in [-0.15, -0.1) is 10.2 Å². The van der Waals surface area contributed by atoms with Crippen LogP contribution in [0.2, 0.25) is 0 Å². The predicted molar refractivity (Wildman–Crippen MR) is 124 cm³/mol. The lowest BCUT2D eigenvalue weighted by Gasteiger charge is -2.34. The van der Waals surface area contributed by atoms with Crippen LogP contribution in [0, 0.1) is 6.92 Å². The third-order valence-corrected chi connectivity index (χ3v) is 5.32. The highest BCUT2D eigenvalue weighted by Gasteiger charge is 2.53. The van der Waals surface area contributed by atoms with E-state index in [0.29, 0.717) is 29.0 Å². The number of carbonyl (C=O) groups excluding carboxylic acids is 3. The maximum Gasteiger partial charge on any atom is 0.328 e. The number of amides is 4. The Morgan fingerprint density at radius 1 is 0.833 bits per heavy atom. The van der Waals surface area contributed by atoms with Crippen LogP contribution < -0.4 is 20.1 Å². The van der Waals surface area contributed by atoms with Crippen molar-refractivity contribution in [1.82, 2.24) is 25.8 Å². The van der Waals surface area contributed by atoms with Crippen LogP contribution in [0.15, 0.2) is 77.3 Å². The molecule has 0 aliphatic carbocycles. The molecular weight excluding hydrogens is 466 g/mol. The zero-order valence-corrected chi connectivity index (χ0v) is 18.9. The van der Waals surface area contributed by atoms with Crippen LogP contribution in [-0.2, 0) is 16.0 Å². The molecule has 1 aliphatic heterocycles. The average Bonchev–Trinajstić information content (AvgIpc) is 3.31. The first-order chi connectivity index (χ1) is 17.4. The fourth-order valence-corrected chi connectivity index (χ4v) is 3.58. The van der Waals surface area contributed by atoms with Gasteiger partial charge in [-0.1, -0.05) is 6.07 Å². The first-order valence-electron chi connectivity index (χ1n) is 10.9. The number of nitrogens with zero attached hydrogens (tertiary/aromatic N) is 3. The van der Waals surface area contributed by atoms with Crippen LogP contribution in [0.1, 0.15) is 11.6 Å². The molecule has 0 unspecified atom stereocenters. The van der Waals surface area contributed by atoms with Gasteiger partial charge in [0.15, 0.2) is 0 Å². The third kappa shape index (κ3) is 4.62. The average molecular weight is 485 g/mol. The quantitative estimate of drug-likeness (QED) is 0.377. The van der Waals surface area contributed by atoms with Crippen LogP contribution >= 0.6 is 0 Å². The highest BCUT2D eigenvalue weighted by molar-refractivity contribution is 6.22. The van der Waals surface area contributed by atoms with E-state index in [0.717, 1.165) is 5.56 Å². The first kappa shape index (κ1) is 22.7. The van der Waals surface area contributed by atoms with E-state index in [2.05, 4.69) is 25.8 Å². The minimum atomic E-state index is -2.02. The van der Waals surface area contributed by atoms with Gasteiger partial charge >= 0.3 is 6.03 Å². The van der Waals surface area contributed by atoms with Crippen molar-refractivity contribution in [3.63, 3.8) is 0 Å². The number of aryl methyl sites for hydroxylation is 1. The topological polar surface area (TPSA) is 146 Å². The molecule has 0 spiro atoms. The molecule has 2 aromatic heterocycles. The molecule has 4 amide bonds. The summed E-state index contributed by atoms with van der Waals surface area (Å²) < 4.78 is 17.2. The summed E-state index contributed by atoms with van der Waals surface area (Å²) >= 11 is 0. The highest BCUT2D eigenvalue weighted by atomic mass is 16.5. The molecule has 1 fully saturated rings. The summed E-state index contributed by atoms with van der Waals surface area (Å²) in [5.74, 6) is 0.425. The van der Waals surface area contributed by atoms with Crippen LogP contribution in [0.4, 0.5) is 4.79 Å². The van der Waals surface area contributed by atoms with Gasteiger partial charge in [0.05, 0.1) is 0 Å². The Balaban J connectivity index is 1.33. The van der Waals surface area contributed by atoms with Crippen molar-refractivity contribution in [2.45, 2.75) is 18.9 Å². The Labute approximate surface area is 204 Å². The molecule has 1 aliphatic rings. The zero-order chi connectivity index (χ0) is 25.1. The number of aromatic nitrogens is 3. The minimum absolute atomic E-state index is 0.178. The molecule has 0 radical (unpaired) electrons. The molecule has 0 bridgehead atoms. The molecule has 11 nitrogen and oxygen atoms in total. The smallest absolute Gasteiger partial charge is 0.328 e. The molecule has 5 rings (SSSR count). The van der Waals surface area contributed by atoms with Crippen LogP contribution in [0.3, 0.4) is 0 Å². The largest absolute Gasteiger partial charge is 0.467 e. The lowest BCUT2D eigenvalue weighted by Crippen LogP contribution is -2.70. The van der Waals surface area contributed by atoms with Gasteiger partial charge in [-0.2, -0.15) is 0 Å². The molecule has 11 heteroatoms. The molecule has 0 atom stereocenters. The summed E-state index contributed by atoms with van der Waals surface area (Å²) in [4.78, 5) is 41.4. The highest BCUT2D eigenvalue weighted by Crippen LogP contribution is 2.29. The molecule has 1 saturated heterocycles. The number of hydrogen-bond acceptors (Lipinski definition) is 9. The summed E-state index contributed by atoms with van der Waals surface area (Å²) in [6.45, 7) is 1.72.